The Morgan fingerprint density at radius 3 is 1.65 bits per heavy atom. The number of hydrogen-bond donors (Lipinski definition) is 5. The number of unbranched alkanes of at least 4 members (excludes halogenated alkanes) is 4. The predicted octanol–water partition coefficient (Wildman–Crippen LogP) is 5.78. The fourth-order valence-electron chi connectivity index (χ4n) is 4.47. The molecule has 0 aliphatic carbocycles. The normalized spacial score (nSPS) is 15.3. The first-order valence-electron chi connectivity index (χ1n) is 17.9. The second-order valence-electron chi connectivity index (χ2n) is 11.8. The van der Waals surface area contributed by atoms with Gasteiger partial charge in [-0.3, -0.25) is 15.0 Å². The summed E-state index contributed by atoms with van der Waals surface area (Å²) in [4.78, 5) is 50.9. The summed E-state index contributed by atoms with van der Waals surface area (Å²) in [5, 5.41) is 19.2. The first-order valence-corrected chi connectivity index (χ1v) is 19.5. The van der Waals surface area contributed by atoms with Crippen molar-refractivity contribution in [3.05, 3.63) is 11.1 Å². The molecule has 5 N–H and O–H groups in total. The second-order valence-corrected chi connectivity index (χ2v) is 14.0. The molecule has 0 spiro atoms. The Labute approximate surface area is 302 Å². The van der Waals surface area contributed by atoms with Gasteiger partial charge in [-0.1, -0.05) is 67.2 Å². The van der Waals surface area contributed by atoms with Crippen molar-refractivity contribution in [1.29, 1.82) is 0 Å². The van der Waals surface area contributed by atoms with E-state index in [-0.39, 0.29) is 35.4 Å². The quantitative estimate of drug-likeness (QED) is 0.0604. The maximum atomic E-state index is 13.0. The summed E-state index contributed by atoms with van der Waals surface area (Å²) in [5.74, 6) is 0. The third-order valence-corrected chi connectivity index (χ3v) is 9.23. The summed E-state index contributed by atoms with van der Waals surface area (Å²) in [5.41, 5.74) is 3.19. The number of nitrogens with zero attached hydrogens (tertiary/aromatic N) is 3. The van der Waals surface area contributed by atoms with Crippen LogP contribution in [0.1, 0.15) is 120 Å². The number of carbonyl (C=O) groups is 4. The van der Waals surface area contributed by atoms with E-state index >= 15 is 0 Å². The van der Waals surface area contributed by atoms with Crippen LogP contribution in [0.2, 0.25) is 0 Å². The van der Waals surface area contributed by atoms with Gasteiger partial charge in [-0.2, -0.15) is 5.01 Å². The molecule has 4 atom stereocenters. The van der Waals surface area contributed by atoms with E-state index in [0.717, 1.165) is 74.9 Å². The molecule has 282 valence electrons. The number of amides is 4. The highest BCUT2D eigenvalue weighted by Crippen LogP contribution is 2.25. The molecule has 1 rings (SSSR count). The molecule has 0 aromatic heterocycles. The largest absolute Gasteiger partial charge is 0.358 e. The molecule has 14 nitrogen and oxygen atoms in total. The van der Waals surface area contributed by atoms with Crippen molar-refractivity contribution in [3.8, 4) is 0 Å². The van der Waals surface area contributed by atoms with Crippen molar-refractivity contribution in [3.63, 3.8) is 0 Å². The van der Waals surface area contributed by atoms with Crippen LogP contribution >= 0.6 is 23.5 Å². The summed E-state index contributed by atoms with van der Waals surface area (Å²) in [7, 11) is 0. The van der Waals surface area contributed by atoms with E-state index < -0.39 is 24.5 Å². The van der Waals surface area contributed by atoms with Crippen LogP contribution in [-0.2, 0) is 19.1 Å². The van der Waals surface area contributed by atoms with Crippen molar-refractivity contribution < 1.29 is 28.7 Å². The smallest absolute Gasteiger partial charge is 0.317 e. The minimum absolute atomic E-state index is 0.0929. The van der Waals surface area contributed by atoms with Crippen molar-refractivity contribution in [1.82, 2.24) is 36.9 Å². The summed E-state index contributed by atoms with van der Waals surface area (Å²) in [6.07, 6.45) is 9.74. The Balaban J connectivity index is 2.90. The summed E-state index contributed by atoms with van der Waals surface area (Å²) < 4.78 is 11.5. The van der Waals surface area contributed by atoms with Crippen LogP contribution in [0.3, 0.4) is 0 Å². The van der Waals surface area contributed by atoms with E-state index in [0.29, 0.717) is 36.1 Å². The number of urea groups is 2. The number of ether oxygens (including phenoxy) is 2. The van der Waals surface area contributed by atoms with E-state index in [2.05, 4.69) is 78.3 Å². The van der Waals surface area contributed by atoms with Gasteiger partial charge >= 0.3 is 12.1 Å². The van der Waals surface area contributed by atoms with Crippen molar-refractivity contribution in [2.45, 2.75) is 144 Å². The Bertz CT molecular complexity index is 1060. The van der Waals surface area contributed by atoms with Gasteiger partial charge in [-0.15, -0.1) is 10.3 Å². The zero-order valence-corrected chi connectivity index (χ0v) is 32.5. The number of nitrogens with one attached hydrogen (secondary N) is 5. The number of thioether (sulfide) groups is 2. The Morgan fingerprint density at radius 2 is 1.22 bits per heavy atom. The van der Waals surface area contributed by atoms with Gasteiger partial charge in [0.25, 0.3) is 0 Å². The Hall–Kier alpha value is -2.53. The number of hydrogen-bond acceptors (Lipinski definition) is 12. The predicted molar refractivity (Wildman–Crippen MR) is 199 cm³/mol. The highest BCUT2D eigenvalue weighted by Gasteiger charge is 2.29. The molecule has 1 heterocycles. The number of hydrazine groups is 2. The molecular weight excluding hydrogens is 669 g/mol. The molecule has 4 unspecified atom stereocenters. The Kier molecular flexibility index (Phi) is 23.9. The number of hydrazone groups is 1. The summed E-state index contributed by atoms with van der Waals surface area (Å²) >= 11 is 1.77. The molecular formula is C33H62N8O6S2. The fraction of sp³-hybridized carbons (Fsp3) is 0.788. The van der Waals surface area contributed by atoms with E-state index in [1.807, 2.05) is 13.8 Å². The lowest BCUT2D eigenvalue weighted by Gasteiger charge is -2.42. The molecule has 0 fully saturated rings. The first-order chi connectivity index (χ1) is 23.5. The molecule has 49 heavy (non-hydrogen) atoms. The average molecular weight is 731 g/mol. The first kappa shape index (κ1) is 44.5. The number of rotatable bonds is 24. The van der Waals surface area contributed by atoms with Crippen LogP contribution < -0.4 is 26.7 Å². The van der Waals surface area contributed by atoms with Crippen molar-refractivity contribution in [2.24, 2.45) is 5.10 Å². The molecule has 16 heteroatoms. The zero-order chi connectivity index (χ0) is 36.6. The lowest BCUT2D eigenvalue weighted by Crippen LogP contribution is -2.56. The standard InChI is InChI=1S/C33H62N8O6S2/c1-9-15-17-19-46-26(13-5)36-32(44)34-22-30(42)48-28-21-29(39-41(38-28)40(24(7)11-3)25(8)12-4)49-31(43)23-35-33(45)37-27(14-6)47-20-18-16-10-2/h21,24-27,38H,9-20,22-23H2,1-8H3,(H2,34,36,44)(H2,35,37,45). The van der Waals surface area contributed by atoms with Gasteiger partial charge in [0.05, 0.1) is 13.1 Å². The van der Waals surface area contributed by atoms with E-state index in [4.69, 9.17) is 9.47 Å². The monoisotopic (exact) mass is 730 g/mol. The van der Waals surface area contributed by atoms with E-state index in [1.165, 1.54) is 0 Å². The van der Waals surface area contributed by atoms with Gasteiger partial charge in [-0.05, 0) is 75.9 Å². The zero-order valence-electron chi connectivity index (χ0n) is 30.9. The molecule has 1 aliphatic rings. The highest BCUT2D eigenvalue weighted by atomic mass is 32.2. The van der Waals surface area contributed by atoms with Gasteiger partial charge in [0.2, 0.25) is 10.2 Å². The summed E-state index contributed by atoms with van der Waals surface area (Å²) in [6.45, 7) is 17.0. The molecule has 0 aromatic rings. The highest BCUT2D eigenvalue weighted by molar-refractivity contribution is 8.26. The van der Waals surface area contributed by atoms with Crippen LogP contribution in [0, 0.1) is 0 Å². The minimum atomic E-state index is -0.493. The van der Waals surface area contributed by atoms with Gasteiger partial charge in [-0.25, -0.2) is 9.59 Å². The van der Waals surface area contributed by atoms with Crippen molar-refractivity contribution in [2.75, 3.05) is 26.3 Å². The minimum Gasteiger partial charge on any atom is -0.358 e. The lowest BCUT2D eigenvalue weighted by molar-refractivity contribution is -0.115. The van der Waals surface area contributed by atoms with E-state index in [1.54, 1.807) is 11.3 Å². The Morgan fingerprint density at radius 1 is 0.755 bits per heavy atom. The maximum Gasteiger partial charge on any atom is 0.317 e. The SMILES string of the molecule is CCCCCOC(CC)NC(=O)NCC(=O)SC1=CC(SC(=O)CNC(=O)NC(CC)OCCCCC)=NN(N(C(C)CC)C(C)CC)N1. The molecule has 0 radical (unpaired) electrons. The third-order valence-electron chi connectivity index (χ3n) is 7.65. The second kappa shape index (κ2) is 26.3. The van der Waals surface area contributed by atoms with Crippen molar-refractivity contribution >= 4 is 50.9 Å². The fourth-order valence-corrected chi connectivity index (χ4v) is 5.91. The van der Waals surface area contributed by atoms with Crippen LogP contribution in [-0.4, -0.2) is 88.4 Å². The van der Waals surface area contributed by atoms with E-state index in [9.17, 15) is 19.2 Å². The molecule has 4 amide bonds. The molecule has 0 bridgehead atoms. The lowest BCUT2D eigenvalue weighted by atomic mass is 10.2. The topological polar surface area (TPSA) is 166 Å². The molecule has 0 saturated carbocycles. The average Bonchev–Trinajstić information content (AvgIpc) is 3.08. The van der Waals surface area contributed by atoms with Crippen LogP contribution in [0.25, 0.3) is 0 Å². The number of carbonyl (C=O) groups excluding carboxylic acids is 4. The van der Waals surface area contributed by atoms with Crippen LogP contribution in [0.4, 0.5) is 9.59 Å². The third kappa shape index (κ3) is 18.9. The van der Waals surface area contributed by atoms with Gasteiger partial charge in [0.15, 0.2) is 0 Å². The summed E-state index contributed by atoms with van der Waals surface area (Å²) in [6, 6.07) is -0.797. The van der Waals surface area contributed by atoms with Gasteiger partial charge in [0.1, 0.15) is 22.5 Å². The molecule has 1 aliphatic heterocycles. The van der Waals surface area contributed by atoms with Crippen LogP contribution in [0.15, 0.2) is 16.2 Å². The molecule has 0 aromatic carbocycles. The molecule has 0 saturated heterocycles. The maximum absolute atomic E-state index is 13.0. The van der Waals surface area contributed by atoms with Gasteiger partial charge in [0, 0.05) is 31.4 Å². The van der Waals surface area contributed by atoms with Crippen LogP contribution in [0.5, 0.6) is 0 Å². The van der Waals surface area contributed by atoms with Gasteiger partial charge < -0.3 is 30.7 Å².